The van der Waals surface area contributed by atoms with Gasteiger partial charge in [0, 0.05) is 10.7 Å². The van der Waals surface area contributed by atoms with Crippen LogP contribution in [0.15, 0.2) is 18.2 Å². The van der Waals surface area contributed by atoms with Gasteiger partial charge in [0.2, 0.25) is 0 Å². The van der Waals surface area contributed by atoms with Crippen molar-refractivity contribution in [2.24, 2.45) is 5.92 Å². The summed E-state index contributed by atoms with van der Waals surface area (Å²) in [5.74, 6) is 0.800. The first-order chi connectivity index (χ1) is 7.46. The second-order valence-corrected chi connectivity index (χ2v) is 6.98. The van der Waals surface area contributed by atoms with Crippen LogP contribution in [-0.2, 0) is 16.3 Å². The molecule has 0 radical (unpaired) electrons. The minimum atomic E-state index is -2.80. The van der Waals surface area contributed by atoms with Crippen molar-refractivity contribution in [2.75, 3.05) is 17.2 Å². The molecule has 2 rings (SSSR count). The summed E-state index contributed by atoms with van der Waals surface area (Å²) in [6.45, 7) is 0. The van der Waals surface area contributed by atoms with Crippen molar-refractivity contribution in [1.82, 2.24) is 0 Å². The molecule has 1 unspecified atom stereocenters. The van der Waals surface area contributed by atoms with Crippen LogP contribution in [0.5, 0.6) is 0 Å². The monoisotopic (exact) mass is 259 g/mol. The Hall–Kier alpha value is -0.740. The average Bonchev–Trinajstić information content (AvgIpc) is 2.51. The van der Waals surface area contributed by atoms with Gasteiger partial charge in [0.05, 0.1) is 11.5 Å². The van der Waals surface area contributed by atoms with Gasteiger partial charge in [-0.2, -0.15) is 0 Å². The second-order valence-electron chi connectivity index (χ2n) is 4.32. The summed E-state index contributed by atoms with van der Waals surface area (Å²) in [4.78, 5) is 0. The molecule has 88 valence electrons. The Morgan fingerprint density at radius 3 is 2.75 bits per heavy atom. The van der Waals surface area contributed by atoms with Crippen LogP contribution in [0, 0.1) is 5.92 Å². The SMILES string of the molecule is Nc1cc(Cl)ccc1CC1CCS(=O)(=O)C1. The highest BCUT2D eigenvalue weighted by Gasteiger charge is 2.28. The standard InChI is InChI=1S/C11H14ClNO2S/c12-10-2-1-9(11(13)6-10)5-8-3-4-16(14,15)7-8/h1-2,6,8H,3-5,7,13H2. The van der Waals surface area contributed by atoms with Crippen molar-refractivity contribution >= 4 is 27.1 Å². The van der Waals surface area contributed by atoms with Crippen molar-refractivity contribution in [3.8, 4) is 0 Å². The number of hydrogen-bond acceptors (Lipinski definition) is 3. The molecule has 16 heavy (non-hydrogen) atoms. The summed E-state index contributed by atoms with van der Waals surface area (Å²) in [5.41, 5.74) is 7.48. The van der Waals surface area contributed by atoms with E-state index in [-0.39, 0.29) is 11.7 Å². The first-order valence-corrected chi connectivity index (χ1v) is 7.40. The van der Waals surface area contributed by atoms with E-state index in [9.17, 15) is 8.42 Å². The van der Waals surface area contributed by atoms with Crippen LogP contribution in [0.2, 0.25) is 5.02 Å². The molecule has 0 aromatic heterocycles. The third-order valence-electron chi connectivity index (χ3n) is 2.94. The van der Waals surface area contributed by atoms with Gasteiger partial charge in [0.25, 0.3) is 0 Å². The summed E-state index contributed by atoms with van der Waals surface area (Å²) in [7, 11) is -2.80. The fourth-order valence-electron chi connectivity index (χ4n) is 2.10. The van der Waals surface area contributed by atoms with E-state index in [2.05, 4.69) is 0 Å². The molecule has 0 amide bonds. The van der Waals surface area contributed by atoms with E-state index in [4.69, 9.17) is 17.3 Å². The summed E-state index contributed by atoms with van der Waals surface area (Å²) in [5, 5.41) is 0.611. The Kier molecular flexibility index (Phi) is 3.13. The zero-order valence-electron chi connectivity index (χ0n) is 8.82. The number of sulfone groups is 1. The zero-order chi connectivity index (χ0) is 11.8. The number of benzene rings is 1. The number of halogens is 1. The highest BCUT2D eigenvalue weighted by atomic mass is 35.5. The summed E-state index contributed by atoms with van der Waals surface area (Å²) in [6.07, 6.45) is 1.46. The highest BCUT2D eigenvalue weighted by Crippen LogP contribution is 2.26. The fraction of sp³-hybridized carbons (Fsp3) is 0.455. The van der Waals surface area contributed by atoms with E-state index in [0.29, 0.717) is 16.5 Å². The van der Waals surface area contributed by atoms with Crippen LogP contribution >= 0.6 is 11.6 Å². The molecule has 1 fully saturated rings. The molecule has 0 spiro atoms. The lowest BCUT2D eigenvalue weighted by atomic mass is 9.98. The molecule has 1 atom stereocenters. The molecular weight excluding hydrogens is 246 g/mol. The van der Waals surface area contributed by atoms with E-state index in [0.717, 1.165) is 18.4 Å². The normalized spacial score (nSPS) is 23.4. The molecule has 1 aliphatic rings. The van der Waals surface area contributed by atoms with Gasteiger partial charge in [-0.05, 0) is 36.5 Å². The van der Waals surface area contributed by atoms with E-state index < -0.39 is 9.84 Å². The molecule has 3 nitrogen and oxygen atoms in total. The maximum atomic E-state index is 11.3. The third kappa shape index (κ3) is 2.68. The number of nitrogens with two attached hydrogens (primary N) is 1. The molecule has 0 bridgehead atoms. The Morgan fingerprint density at radius 1 is 1.44 bits per heavy atom. The molecule has 0 aliphatic carbocycles. The van der Waals surface area contributed by atoms with Gasteiger partial charge < -0.3 is 5.73 Å². The highest BCUT2D eigenvalue weighted by molar-refractivity contribution is 7.91. The predicted molar refractivity (Wildman–Crippen MR) is 66.3 cm³/mol. The van der Waals surface area contributed by atoms with Gasteiger partial charge in [0.1, 0.15) is 0 Å². The molecule has 1 aliphatic heterocycles. The molecule has 0 saturated carbocycles. The van der Waals surface area contributed by atoms with Gasteiger partial charge in [-0.25, -0.2) is 8.42 Å². The fourth-order valence-corrected chi connectivity index (χ4v) is 4.14. The molecule has 1 aromatic rings. The number of nitrogen functional groups attached to an aromatic ring is 1. The van der Waals surface area contributed by atoms with Crippen LogP contribution in [0.1, 0.15) is 12.0 Å². The largest absolute Gasteiger partial charge is 0.398 e. The Bertz CT molecular complexity index is 499. The van der Waals surface area contributed by atoms with E-state index in [1.54, 1.807) is 12.1 Å². The number of hydrogen-bond donors (Lipinski definition) is 1. The van der Waals surface area contributed by atoms with Crippen molar-refractivity contribution in [3.05, 3.63) is 28.8 Å². The summed E-state index contributed by atoms with van der Waals surface area (Å²) in [6, 6.07) is 5.37. The average molecular weight is 260 g/mol. The Labute approximate surface area is 101 Å². The van der Waals surface area contributed by atoms with Crippen molar-refractivity contribution in [2.45, 2.75) is 12.8 Å². The van der Waals surface area contributed by atoms with Gasteiger partial charge in [0.15, 0.2) is 9.84 Å². The van der Waals surface area contributed by atoms with E-state index in [1.165, 1.54) is 0 Å². The van der Waals surface area contributed by atoms with Crippen molar-refractivity contribution < 1.29 is 8.42 Å². The van der Waals surface area contributed by atoms with Crippen LogP contribution in [0.3, 0.4) is 0 Å². The van der Waals surface area contributed by atoms with Gasteiger partial charge in [-0.15, -0.1) is 0 Å². The lowest BCUT2D eigenvalue weighted by Crippen LogP contribution is -2.08. The van der Waals surface area contributed by atoms with Crippen LogP contribution < -0.4 is 5.73 Å². The maximum Gasteiger partial charge on any atom is 0.150 e. The van der Waals surface area contributed by atoms with Crippen molar-refractivity contribution in [3.63, 3.8) is 0 Å². The number of rotatable bonds is 2. The lowest BCUT2D eigenvalue weighted by molar-refractivity contribution is 0.583. The quantitative estimate of drug-likeness (QED) is 0.826. The summed E-state index contributed by atoms with van der Waals surface area (Å²) < 4.78 is 22.6. The van der Waals surface area contributed by atoms with Crippen LogP contribution in [-0.4, -0.2) is 19.9 Å². The molecule has 5 heteroatoms. The van der Waals surface area contributed by atoms with E-state index >= 15 is 0 Å². The molecule has 1 aromatic carbocycles. The minimum absolute atomic E-state index is 0.202. The molecule has 1 saturated heterocycles. The molecule has 2 N–H and O–H groups in total. The van der Waals surface area contributed by atoms with Gasteiger partial charge in [-0.3, -0.25) is 0 Å². The topological polar surface area (TPSA) is 60.2 Å². The Balaban J connectivity index is 2.11. The van der Waals surface area contributed by atoms with Gasteiger partial charge in [-0.1, -0.05) is 17.7 Å². The minimum Gasteiger partial charge on any atom is -0.398 e. The van der Waals surface area contributed by atoms with Crippen LogP contribution in [0.4, 0.5) is 5.69 Å². The zero-order valence-corrected chi connectivity index (χ0v) is 10.4. The third-order valence-corrected chi connectivity index (χ3v) is 5.02. The van der Waals surface area contributed by atoms with Crippen molar-refractivity contribution in [1.29, 1.82) is 0 Å². The molecule has 1 heterocycles. The lowest BCUT2D eigenvalue weighted by Gasteiger charge is -2.10. The maximum absolute atomic E-state index is 11.3. The first kappa shape index (κ1) is 11.7. The van der Waals surface area contributed by atoms with E-state index in [1.807, 2.05) is 6.07 Å². The molecular formula is C11H14ClNO2S. The smallest absolute Gasteiger partial charge is 0.150 e. The number of anilines is 1. The summed E-state index contributed by atoms with van der Waals surface area (Å²) >= 11 is 5.80. The predicted octanol–water partition coefficient (Wildman–Crippen LogP) is 1.90. The first-order valence-electron chi connectivity index (χ1n) is 5.20. The Morgan fingerprint density at radius 2 is 2.19 bits per heavy atom. The van der Waals surface area contributed by atoms with Gasteiger partial charge >= 0.3 is 0 Å². The second kappa shape index (κ2) is 4.26. The van der Waals surface area contributed by atoms with Crippen LogP contribution in [0.25, 0.3) is 0 Å².